The van der Waals surface area contributed by atoms with Crippen molar-refractivity contribution in [1.82, 2.24) is 20.2 Å². The zero-order valence-corrected chi connectivity index (χ0v) is 23.6. The van der Waals surface area contributed by atoms with E-state index in [1.165, 1.54) is 24.1 Å². The molecule has 7 heteroatoms. The van der Waals surface area contributed by atoms with E-state index in [9.17, 15) is 4.39 Å². The second-order valence-electron chi connectivity index (χ2n) is 13.0. The summed E-state index contributed by atoms with van der Waals surface area (Å²) >= 11 is 0. The molecule has 2 bridgehead atoms. The SMILES string of the molecule is C#Cc1cccc2cccc(N3CCc4c(nc(OC[C@@]56CCCN5C[C@H](F)C6)nc4C4CC5CCC(C4)N5)C3)c12. The molecule has 1 N–H and O–H groups in total. The summed E-state index contributed by atoms with van der Waals surface area (Å²) in [4.78, 5) is 14.9. The van der Waals surface area contributed by atoms with Gasteiger partial charge >= 0.3 is 6.01 Å². The molecule has 41 heavy (non-hydrogen) atoms. The fraction of sp³-hybridized carbons (Fsp3) is 0.529. The number of terminal acetylenes is 1. The van der Waals surface area contributed by atoms with Crippen LogP contribution in [0.25, 0.3) is 10.8 Å². The highest BCUT2D eigenvalue weighted by atomic mass is 19.1. The van der Waals surface area contributed by atoms with Gasteiger partial charge in [0, 0.05) is 54.1 Å². The number of halogens is 1. The van der Waals surface area contributed by atoms with Crippen molar-refractivity contribution in [3.63, 3.8) is 0 Å². The molecule has 8 rings (SSSR count). The molecule has 6 heterocycles. The van der Waals surface area contributed by atoms with E-state index in [2.05, 4.69) is 45.3 Å². The number of hydrogen-bond donors (Lipinski definition) is 1. The van der Waals surface area contributed by atoms with Gasteiger partial charge in [-0.2, -0.15) is 9.97 Å². The predicted molar refractivity (Wildman–Crippen MR) is 159 cm³/mol. The Morgan fingerprint density at radius 2 is 1.93 bits per heavy atom. The summed E-state index contributed by atoms with van der Waals surface area (Å²) in [5, 5.41) is 6.08. The summed E-state index contributed by atoms with van der Waals surface area (Å²) in [6.07, 6.45) is 13.5. The van der Waals surface area contributed by atoms with E-state index < -0.39 is 6.17 Å². The molecular weight excluding hydrogens is 513 g/mol. The van der Waals surface area contributed by atoms with Gasteiger partial charge in [0.25, 0.3) is 0 Å². The van der Waals surface area contributed by atoms with Crippen LogP contribution in [0.15, 0.2) is 36.4 Å². The van der Waals surface area contributed by atoms with Gasteiger partial charge in [0.15, 0.2) is 0 Å². The predicted octanol–water partition coefficient (Wildman–Crippen LogP) is 5.13. The van der Waals surface area contributed by atoms with Crippen molar-refractivity contribution in [2.45, 2.75) is 87.6 Å². The lowest BCUT2D eigenvalue weighted by Gasteiger charge is -2.35. The van der Waals surface area contributed by atoms with Crippen LogP contribution in [0.3, 0.4) is 0 Å². The summed E-state index contributed by atoms with van der Waals surface area (Å²) in [5.74, 6) is 3.32. The molecule has 4 fully saturated rings. The largest absolute Gasteiger partial charge is 0.461 e. The fourth-order valence-corrected chi connectivity index (χ4v) is 8.68. The number of anilines is 1. The molecule has 4 saturated heterocycles. The van der Waals surface area contributed by atoms with E-state index in [0.29, 0.717) is 50.1 Å². The van der Waals surface area contributed by atoms with Crippen LogP contribution in [0.4, 0.5) is 10.1 Å². The first-order valence-corrected chi connectivity index (χ1v) is 15.5. The minimum Gasteiger partial charge on any atom is -0.461 e. The molecule has 5 aliphatic heterocycles. The average Bonchev–Trinajstić information content (AvgIpc) is 3.64. The van der Waals surface area contributed by atoms with Crippen molar-refractivity contribution in [3.05, 3.63) is 58.9 Å². The molecule has 2 aromatic carbocycles. The Kier molecular flexibility index (Phi) is 6.19. The van der Waals surface area contributed by atoms with E-state index in [0.717, 1.165) is 72.9 Å². The number of nitrogens with one attached hydrogen (secondary N) is 1. The Bertz CT molecular complexity index is 1520. The van der Waals surface area contributed by atoms with Crippen molar-refractivity contribution in [2.75, 3.05) is 31.1 Å². The van der Waals surface area contributed by atoms with E-state index in [-0.39, 0.29) is 5.54 Å². The normalized spacial score (nSPS) is 30.8. The van der Waals surface area contributed by atoms with Crippen LogP contribution < -0.4 is 15.0 Å². The number of ether oxygens (including phenoxy) is 1. The van der Waals surface area contributed by atoms with Gasteiger partial charge in [-0.15, -0.1) is 6.42 Å². The Labute approximate surface area is 241 Å². The van der Waals surface area contributed by atoms with Crippen LogP contribution in [-0.2, 0) is 13.0 Å². The first-order chi connectivity index (χ1) is 20.1. The van der Waals surface area contributed by atoms with Crippen molar-refractivity contribution in [1.29, 1.82) is 0 Å². The topological polar surface area (TPSA) is 53.5 Å². The van der Waals surface area contributed by atoms with Crippen LogP contribution in [0.2, 0.25) is 0 Å². The summed E-state index contributed by atoms with van der Waals surface area (Å²) in [6.45, 7) is 3.53. The van der Waals surface area contributed by atoms with Crippen molar-refractivity contribution < 1.29 is 9.13 Å². The molecule has 1 aromatic heterocycles. The van der Waals surface area contributed by atoms with E-state index in [1.54, 1.807) is 0 Å². The van der Waals surface area contributed by atoms with E-state index in [4.69, 9.17) is 21.1 Å². The summed E-state index contributed by atoms with van der Waals surface area (Å²) in [7, 11) is 0. The van der Waals surface area contributed by atoms with Crippen LogP contribution in [0.1, 0.15) is 73.4 Å². The molecular formula is C34H38FN5O. The first-order valence-electron chi connectivity index (χ1n) is 15.5. The number of hydrogen-bond acceptors (Lipinski definition) is 6. The number of piperidine rings is 1. The second kappa shape index (κ2) is 9.96. The summed E-state index contributed by atoms with van der Waals surface area (Å²) < 4.78 is 20.9. The lowest BCUT2D eigenvalue weighted by atomic mass is 9.85. The lowest BCUT2D eigenvalue weighted by Crippen LogP contribution is -2.43. The van der Waals surface area contributed by atoms with Gasteiger partial charge in [-0.1, -0.05) is 30.2 Å². The molecule has 3 aromatic rings. The third kappa shape index (κ3) is 4.38. The minimum atomic E-state index is -0.772. The molecule has 5 aliphatic rings. The molecule has 0 amide bonds. The Morgan fingerprint density at radius 1 is 1.10 bits per heavy atom. The first kappa shape index (κ1) is 25.5. The summed E-state index contributed by atoms with van der Waals surface area (Å²) in [5.41, 5.74) is 5.43. The maximum atomic E-state index is 14.4. The fourth-order valence-electron chi connectivity index (χ4n) is 8.68. The molecule has 2 unspecified atom stereocenters. The standard InChI is InChI=1S/C34H38FN5O/c1-2-22-6-3-7-23-8-4-9-30(31(22)23)39-15-12-28-29(20-39)37-33(38-32(28)24-16-26-10-11-27(17-24)36-26)41-21-34-13-5-14-40(34)19-25(35)18-34/h1,3-4,6-9,24-27,36H,5,10-21H2/t24?,25-,26?,27?,34+/m1/s1. The highest BCUT2D eigenvalue weighted by Crippen LogP contribution is 2.42. The number of nitrogens with zero attached hydrogens (tertiary/aromatic N) is 4. The van der Waals surface area contributed by atoms with Crippen LogP contribution in [0.5, 0.6) is 6.01 Å². The third-order valence-electron chi connectivity index (χ3n) is 10.5. The van der Waals surface area contributed by atoms with Gasteiger partial charge in [0.1, 0.15) is 12.8 Å². The van der Waals surface area contributed by atoms with Gasteiger partial charge < -0.3 is 15.0 Å². The molecule has 6 nitrogen and oxygen atoms in total. The van der Waals surface area contributed by atoms with Gasteiger partial charge in [-0.25, -0.2) is 4.39 Å². The average molecular weight is 552 g/mol. The zero-order chi connectivity index (χ0) is 27.6. The number of rotatable bonds is 5. The maximum Gasteiger partial charge on any atom is 0.316 e. The zero-order valence-electron chi connectivity index (χ0n) is 23.6. The van der Waals surface area contributed by atoms with Gasteiger partial charge in [0.2, 0.25) is 0 Å². The van der Waals surface area contributed by atoms with Crippen molar-refractivity contribution >= 4 is 16.5 Å². The van der Waals surface area contributed by atoms with E-state index >= 15 is 0 Å². The highest BCUT2D eigenvalue weighted by molar-refractivity contribution is 5.98. The Morgan fingerprint density at radius 3 is 2.76 bits per heavy atom. The lowest BCUT2D eigenvalue weighted by molar-refractivity contribution is 0.106. The Balaban J connectivity index is 1.15. The molecule has 0 aliphatic carbocycles. The number of aromatic nitrogens is 2. The number of benzene rings is 2. The number of alkyl halides is 1. The third-order valence-corrected chi connectivity index (χ3v) is 10.5. The highest BCUT2D eigenvalue weighted by Gasteiger charge is 2.49. The van der Waals surface area contributed by atoms with E-state index in [1.807, 2.05) is 12.1 Å². The number of fused-ring (bicyclic) bond motifs is 5. The monoisotopic (exact) mass is 551 g/mol. The Hall–Kier alpha value is -3.21. The second-order valence-corrected chi connectivity index (χ2v) is 13.0. The molecule has 0 spiro atoms. The van der Waals surface area contributed by atoms with Gasteiger partial charge in [-0.3, -0.25) is 4.90 Å². The van der Waals surface area contributed by atoms with Gasteiger partial charge in [0.05, 0.1) is 23.5 Å². The van der Waals surface area contributed by atoms with Crippen LogP contribution in [-0.4, -0.2) is 64.9 Å². The maximum absolute atomic E-state index is 14.4. The molecule has 0 saturated carbocycles. The molecule has 4 atom stereocenters. The molecule has 0 radical (unpaired) electrons. The summed E-state index contributed by atoms with van der Waals surface area (Å²) in [6, 6.07) is 14.2. The quantitative estimate of drug-likeness (QED) is 0.444. The minimum absolute atomic E-state index is 0.215. The smallest absolute Gasteiger partial charge is 0.316 e. The van der Waals surface area contributed by atoms with Crippen LogP contribution >= 0.6 is 0 Å². The van der Waals surface area contributed by atoms with Crippen molar-refractivity contribution in [3.8, 4) is 18.4 Å². The van der Waals surface area contributed by atoms with Crippen LogP contribution in [0, 0.1) is 12.3 Å². The van der Waals surface area contributed by atoms with Crippen molar-refractivity contribution in [2.24, 2.45) is 0 Å². The molecule has 212 valence electrons. The van der Waals surface area contributed by atoms with Gasteiger partial charge in [-0.05, 0) is 74.6 Å².